The van der Waals surface area contributed by atoms with Crippen molar-refractivity contribution >= 4 is 15.9 Å². The number of hydrogen-bond acceptors (Lipinski definition) is 4. The average molecular weight is 271 g/mol. The Balaban J connectivity index is 2.61. The number of primary sulfonamides is 1. The normalized spacial score (nSPS) is 11.2. The number of nitrogens with one attached hydrogen (secondary N) is 2. The second kappa shape index (κ2) is 6.48. The lowest BCUT2D eigenvalue weighted by molar-refractivity contribution is -0.120. The minimum absolute atomic E-state index is 0.0425. The van der Waals surface area contributed by atoms with Gasteiger partial charge >= 0.3 is 0 Å². The van der Waals surface area contributed by atoms with Crippen LogP contribution in [0.15, 0.2) is 29.2 Å². The van der Waals surface area contributed by atoms with E-state index in [1.807, 2.05) is 6.92 Å². The smallest absolute Gasteiger partial charge is 0.238 e. The molecule has 0 aliphatic heterocycles. The lowest BCUT2D eigenvalue weighted by Crippen LogP contribution is -2.33. The Morgan fingerprint density at radius 1 is 1.39 bits per heavy atom. The van der Waals surface area contributed by atoms with Crippen molar-refractivity contribution < 1.29 is 13.2 Å². The van der Waals surface area contributed by atoms with Crippen LogP contribution in [-0.4, -0.2) is 27.4 Å². The van der Waals surface area contributed by atoms with Gasteiger partial charge in [-0.2, -0.15) is 0 Å². The van der Waals surface area contributed by atoms with E-state index < -0.39 is 10.0 Å². The van der Waals surface area contributed by atoms with E-state index >= 15 is 0 Å². The molecule has 6 nitrogen and oxygen atoms in total. The summed E-state index contributed by atoms with van der Waals surface area (Å²) in [6, 6.07) is 6.18. The SMILES string of the molecule is CCNCC(=O)NCc1cccc(S(N)(=O)=O)c1. The molecule has 0 bridgehead atoms. The third kappa shape index (κ3) is 4.82. The van der Waals surface area contributed by atoms with Gasteiger partial charge in [-0.15, -0.1) is 0 Å². The summed E-state index contributed by atoms with van der Waals surface area (Å²) in [7, 11) is -3.70. The summed E-state index contributed by atoms with van der Waals surface area (Å²) >= 11 is 0. The first-order valence-electron chi connectivity index (χ1n) is 5.52. The van der Waals surface area contributed by atoms with Crippen LogP contribution in [0.25, 0.3) is 0 Å². The maximum atomic E-state index is 11.3. The fourth-order valence-electron chi connectivity index (χ4n) is 1.33. The maximum absolute atomic E-state index is 11.3. The van der Waals surface area contributed by atoms with Crippen LogP contribution in [0.5, 0.6) is 0 Å². The highest BCUT2D eigenvalue weighted by molar-refractivity contribution is 7.89. The zero-order chi connectivity index (χ0) is 13.6. The van der Waals surface area contributed by atoms with Gasteiger partial charge in [0.15, 0.2) is 0 Å². The van der Waals surface area contributed by atoms with Crippen molar-refractivity contribution in [3.05, 3.63) is 29.8 Å². The first-order valence-corrected chi connectivity index (χ1v) is 7.07. The molecule has 100 valence electrons. The largest absolute Gasteiger partial charge is 0.351 e. The second-order valence-corrected chi connectivity index (χ2v) is 5.31. The molecule has 0 aromatic heterocycles. The molecule has 0 heterocycles. The summed E-state index contributed by atoms with van der Waals surface area (Å²) in [4.78, 5) is 11.4. The molecule has 0 fully saturated rings. The molecule has 1 aromatic carbocycles. The number of nitrogens with two attached hydrogens (primary N) is 1. The third-order valence-corrected chi connectivity index (χ3v) is 3.16. The van der Waals surface area contributed by atoms with Crippen LogP contribution in [0.4, 0.5) is 0 Å². The number of carbonyl (C=O) groups excluding carboxylic acids is 1. The molecule has 7 heteroatoms. The predicted molar refractivity (Wildman–Crippen MR) is 68.2 cm³/mol. The van der Waals surface area contributed by atoms with Crippen molar-refractivity contribution in [3.8, 4) is 0 Å². The fourth-order valence-corrected chi connectivity index (χ4v) is 1.92. The predicted octanol–water partition coefficient (Wildman–Crippen LogP) is -0.440. The third-order valence-electron chi connectivity index (χ3n) is 2.25. The van der Waals surface area contributed by atoms with E-state index in [2.05, 4.69) is 10.6 Å². The number of sulfonamides is 1. The standard InChI is InChI=1S/C11H17N3O3S/c1-2-13-8-11(15)14-7-9-4-3-5-10(6-9)18(12,16)17/h3-6,13H,2,7-8H2,1H3,(H,14,15)(H2,12,16,17). The van der Waals surface area contributed by atoms with Crippen LogP contribution >= 0.6 is 0 Å². The molecule has 0 radical (unpaired) electrons. The van der Waals surface area contributed by atoms with E-state index in [9.17, 15) is 13.2 Å². The minimum Gasteiger partial charge on any atom is -0.351 e. The molecule has 4 N–H and O–H groups in total. The molecule has 1 rings (SSSR count). The molecular formula is C11H17N3O3S. The molecule has 0 saturated carbocycles. The van der Waals surface area contributed by atoms with Crippen LogP contribution < -0.4 is 15.8 Å². The Kier molecular flexibility index (Phi) is 5.26. The summed E-state index contributed by atoms with van der Waals surface area (Å²) in [5, 5.41) is 10.6. The van der Waals surface area contributed by atoms with Gasteiger partial charge in [0.25, 0.3) is 0 Å². The number of amides is 1. The first-order chi connectivity index (χ1) is 8.43. The van der Waals surface area contributed by atoms with Gasteiger partial charge in [0.1, 0.15) is 0 Å². The highest BCUT2D eigenvalue weighted by Crippen LogP contribution is 2.09. The van der Waals surface area contributed by atoms with Crippen LogP contribution in [-0.2, 0) is 21.4 Å². The lowest BCUT2D eigenvalue weighted by atomic mass is 10.2. The van der Waals surface area contributed by atoms with Gasteiger partial charge in [-0.1, -0.05) is 19.1 Å². The van der Waals surface area contributed by atoms with Gasteiger partial charge in [0, 0.05) is 6.54 Å². The first kappa shape index (κ1) is 14.6. The van der Waals surface area contributed by atoms with E-state index in [0.717, 1.165) is 0 Å². The Hall–Kier alpha value is -1.44. The monoisotopic (exact) mass is 271 g/mol. The topological polar surface area (TPSA) is 101 Å². The van der Waals surface area contributed by atoms with Crippen molar-refractivity contribution in [2.24, 2.45) is 5.14 Å². The Bertz CT molecular complexity index is 514. The van der Waals surface area contributed by atoms with E-state index in [4.69, 9.17) is 5.14 Å². The number of carbonyl (C=O) groups is 1. The molecule has 0 atom stereocenters. The van der Waals surface area contributed by atoms with Gasteiger partial charge < -0.3 is 10.6 Å². The molecule has 18 heavy (non-hydrogen) atoms. The summed E-state index contributed by atoms with van der Waals surface area (Å²) in [5.41, 5.74) is 0.686. The van der Waals surface area contributed by atoms with E-state index in [1.54, 1.807) is 12.1 Å². The summed E-state index contributed by atoms with van der Waals surface area (Å²) < 4.78 is 22.3. The van der Waals surface area contributed by atoms with Crippen molar-refractivity contribution in [1.82, 2.24) is 10.6 Å². The number of rotatable bonds is 6. The summed E-state index contributed by atoms with van der Waals surface area (Å²) in [5.74, 6) is -0.141. The molecule has 0 unspecified atom stereocenters. The van der Waals surface area contributed by atoms with Crippen molar-refractivity contribution in [1.29, 1.82) is 0 Å². The molecule has 0 saturated heterocycles. The van der Waals surface area contributed by atoms with E-state index in [-0.39, 0.29) is 23.9 Å². The molecule has 0 aliphatic carbocycles. The second-order valence-electron chi connectivity index (χ2n) is 3.75. The van der Waals surface area contributed by atoms with Crippen molar-refractivity contribution in [2.75, 3.05) is 13.1 Å². The zero-order valence-electron chi connectivity index (χ0n) is 10.1. The molecular weight excluding hydrogens is 254 g/mol. The highest BCUT2D eigenvalue weighted by atomic mass is 32.2. The minimum atomic E-state index is -3.70. The van der Waals surface area contributed by atoms with Crippen LogP contribution in [0.2, 0.25) is 0 Å². The Morgan fingerprint density at radius 3 is 2.72 bits per heavy atom. The van der Waals surface area contributed by atoms with Crippen LogP contribution in [0.3, 0.4) is 0 Å². The lowest BCUT2D eigenvalue weighted by Gasteiger charge is -2.06. The number of likely N-dealkylation sites (N-methyl/N-ethyl adjacent to an activating group) is 1. The maximum Gasteiger partial charge on any atom is 0.238 e. The van der Waals surface area contributed by atoms with Gasteiger partial charge in [-0.25, -0.2) is 13.6 Å². The number of hydrogen-bond donors (Lipinski definition) is 3. The van der Waals surface area contributed by atoms with Gasteiger partial charge in [-0.05, 0) is 24.2 Å². The molecule has 0 spiro atoms. The van der Waals surface area contributed by atoms with Gasteiger partial charge in [-0.3, -0.25) is 4.79 Å². The molecule has 1 aromatic rings. The van der Waals surface area contributed by atoms with Crippen molar-refractivity contribution in [2.45, 2.75) is 18.4 Å². The van der Waals surface area contributed by atoms with E-state index in [0.29, 0.717) is 12.1 Å². The zero-order valence-corrected chi connectivity index (χ0v) is 11.0. The average Bonchev–Trinajstić information content (AvgIpc) is 2.33. The Labute approximate surface area is 107 Å². The fraction of sp³-hybridized carbons (Fsp3) is 0.364. The molecule has 1 amide bonds. The number of benzene rings is 1. The molecule has 0 aliphatic rings. The van der Waals surface area contributed by atoms with E-state index in [1.165, 1.54) is 12.1 Å². The summed E-state index contributed by atoms with van der Waals surface area (Å²) in [6.45, 7) is 3.14. The Morgan fingerprint density at radius 2 is 2.11 bits per heavy atom. The summed E-state index contributed by atoms with van der Waals surface area (Å²) in [6.07, 6.45) is 0. The highest BCUT2D eigenvalue weighted by Gasteiger charge is 2.08. The quantitative estimate of drug-likeness (QED) is 0.653. The van der Waals surface area contributed by atoms with Crippen molar-refractivity contribution in [3.63, 3.8) is 0 Å². The van der Waals surface area contributed by atoms with Gasteiger partial charge in [0.2, 0.25) is 15.9 Å². The van der Waals surface area contributed by atoms with Crippen LogP contribution in [0.1, 0.15) is 12.5 Å². The van der Waals surface area contributed by atoms with Crippen LogP contribution in [0, 0.1) is 0 Å². The van der Waals surface area contributed by atoms with Gasteiger partial charge in [0.05, 0.1) is 11.4 Å².